The highest BCUT2D eigenvalue weighted by Crippen LogP contribution is 2.04. The van der Waals surface area contributed by atoms with Crippen LogP contribution in [0.5, 0.6) is 0 Å². The number of carboxylic acid groups (broad SMARTS) is 1. The van der Waals surface area contributed by atoms with Crippen molar-refractivity contribution in [2.24, 2.45) is 5.92 Å². The normalized spacial score (nSPS) is 11.6. The summed E-state index contributed by atoms with van der Waals surface area (Å²) in [5, 5.41) is 17.0. The lowest BCUT2D eigenvalue weighted by molar-refractivity contribution is -0.137. The summed E-state index contributed by atoms with van der Waals surface area (Å²) in [6, 6.07) is 2.06. The van der Waals surface area contributed by atoms with Crippen LogP contribution in [0.4, 0.5) is 0 Å². The number of rotatable bonds is 7. The van der Waals surface area contributed by atoms with Crippen LogP contribution in [-0.2, 0) is 9.59 Å². The first-order valence-electron chi connectivity index (χ1n) is 5.32. The average Bonchev–Trinajstić information content (AvgIpc) is 2.23. The maximum atomic E-state index is 11.5. The van der Waals surface area contributed by atoms with Gasteiger partial charge in [-0.05, 0) is 19.8 Å². The molecule has 16 heavy (non-hydrogen) atoms. The number of carbonyl (C=O) groups excluding carboxylic acids is 1. The number of carboxylic acids is 1. The summed E-state index contributed by atoms with van der Waals surface area (Å²) in [5.74, 6) is -1.04. The van der Waals surface area contributed by atoms with Crippen molar-refractivity contribution in [2.75, 3.05) is 13.6 Å². The van der Waals surface area contributed by atoms with Gasteiger partial charge in [0.05, 0.1) is 12.0 Å². The Hall–Kier alpha value is -1.57. The monoisotopic (exact) mass is 226 g/mol. The third kappa shape index (κ3) is 6.82. The molecule has 0 spiro atoms. The van der Waals surface area contributed by atoms with Gasteiger partial charge < -0.3 is 10.0 Å². The first-order chi connectivity index (χ1) is 7.47. The van der Waals surface area contributed by atoms with Crippen LogP contribution in [0.25, 0.3) is 0 Å². The summed E-state index contributed by atoms with van der Waals surface area (Å²) < 4.78 is 0. The van der Waals surface area contributed by atoms with Crippen molar-refractivity contribution >= 4 is 11.9 Å². The predicted molar refractivity (Wildman–Crippen MR) is 58.5 cm³/mol. The second kappa shape index (κ2) is 7.69. The van der Waals surface area contributed by atoms with Gasteiger partial charge in [0.2, 0.25) is 5.91 Å². The third-order valence-corrected chi connectivity index (χ3v) is 2.23. The Kier molecular flexibility index (Phi) is 6.93. The Bertz CT molecular complexity index is 283. The van der Waals surface area contributed by atoms with Gasteiger partial charge in [0.25, 0.3) is 0 Å². The molecule has 0 heterocycles. The smallest absolute Gasteiger partial charge is 0.303 e. The van der Waals surface area contributed by atoms with E-state index in [2.05, 4.69) is 6.07 Å². The molecule has 0 rings (SSSR count). The van der Waals surface area contributed by atoms with Gasteiger partial charge in [0.15, 0.2) is 0 Å². The molecule has 0 saturated heterocycles. The quantitative estimate of drug-likeness (QED) is 0.662. The van der Waals surface area contributed by atoms with Gasteiger partial charge in [-0.15, -0.1) is 0 Å². The molecule has 0 aliphatic rings. The largest absolute Gasteiger partial charge is 0.481 e. The molecular formula is C11H18N2O3. The molecule has 0 saturated carbocycles. The van der Waals surface area contributed by atoms with Crippen molar-refractivity contribution in [1.29, 1.82) is 5.26 Å². The molecule has 0 aliphatic carbocycles. The molecule has 0 fully saturated rings. The molecule has 0 aromatic heterocycles. The fraction of sp³-hybridized carbons (Fsp3) is 0.727. The standard InChI is InChI=1S/C11H18N2O3/c1-9(7-12)8-13(2)10(14)5-3-4-6-11(15)16/h9H,3-6,8H2,1-2H3,(H,15,16). The molecule has 1 unspecified atom stereocenters. The van der Waals surface area contributed by atoms with Crippen LogP contribution in [0.3, 0.4) is 0 Å². The number of hydrogen-bond donors (Lipinski definition) is 1. The predicted octanol–water partition coefficient (Wildman–Crippen LogP) is 1.25. The van der Waals surface area contributed by atoms with E-state index in [-0.39, 0.29) is 18.2 Å². The maximum absolute atomic E-state index is 11.5. The van der Waals surface area contributed by atoms with Crippen LogP contribution in [-0.4, -0.2) is 35.5 Å². The van der Waals surface area contributed by atoms with E-state index in [9.17, 15) is 9.59 Å². The van der Waals surface area contributed by atoms with E-state index in [0.29, 0.717) is 25.8 Å². The SMILES string of the molecule is CC(C#N)CN(C)C(=O)CCCCC(=O)O. The highest BCUT2D eigenvalue weighted by molar-refractivity contribution is 5.75. The Balaban J connectivity index is 3.72. The van der Waals surface area contributed by atoms with Crippen molar-refractivity contribution in [3.63, 3.8) is 0 Å². The molecule has 90 valence electrons. The Morgan fingerprint density at radius 2 is 1.94 bits per heavy atom. The molecule has 0 bridgehead atoms. The topological polar surface area (TPSA) is 81.4 Å². The highest BCUT2D eigenvalue weighted by atomic mass is 16.4. The number of aliphatic carboxylic acids is 1. The maximum Gasteiger partial charge on any atom is 0.303 e. The summed E-state index contributed by atoms with van der Waals surface area (Å²) in [5.41, 5.74) is 0. The van der Waals surface area contributed by atoms with Gasteiger partial charge in [-0.3, -0.25) is 9.59 Å². The first kappa shape index (κ1) is 14.4. The molecular weight excluding hydrogens is 208 g/mol. The van der Waals surface area contributed by atoms with E-state index >= 15 is 0 Å². The van der Waals surface area contributed by atoms with Gasteiger partial charge in [0.1, 0.15) is 0 Å². The number of nitrogens with zero attached hydrogens (tertiary/aromatic N) is 2. The molecule has 0 aromatic rings. The molecule has 5 heteroatoms. The number of unbranched alkanes of at least 4 members (excludes halogenated alkanes) is 1. The second-order valence-electron chi connectivity index (χ2n) is 3.91. The zero-order valence-corrected chi connectivity index (χ0v) is 9.77. The van der Waals surface area contributed by atoms with Gasteiger partial charge in [-0.25, -0.2) is 0 Å². The lowest BCUT2D eigenvalue weighted by atomic mass is 10.1. The van der Waals surface area contributed by atoms with Gasteiger partial charge in [-0.1, -0.05) is 0 Å². The fourth-order valence-electron chi connectivity index (χ4n) is 1.30. The van der Waals surface area contributed by atoms with Crippen LogP contribution in [0.2, 0.25) is 0 Å². The molecule has 5 nitrogen and oxygen atoms in total. The van der Waals surface area contributed by atoms with Crippen LogP contribution in [0.1, 0.15) is 32.6 Å². The van der Waals surface area contributed by atoms with Crippen molar-refractivity contribution in [3.8, 4) is 6.07 Å². The lowest BCUT2D eigenvalue weighted by Gasteiger charge is -2.17. The molecule has 1 N–H and O–H groups in total. The summed E-state index contributed by atoms with van der Waals surface area (Å²) in [6.45, 7) is 2.18. The van der Waals surface area contributed by atoms with Crippen LogP contribution in [0, 0.1) is 17.2 Å². The van der Waals surface area contributed by atoms with Gasteiger partial charge in [0, 0.05) is 26.4 Å². The number of hydrogen-bond acceptors (Lipinski definition) is 3. The molecule has 0 aliphatic heterocycles. The average molecular weight is 226 g/mol. The Labute approximate surface area is 95.7 Å². The zero-order valence-electron chi connectivity index (χ0n) is 9.77. The minimum atomic E-state index is -0.834. The van der Waals surface area contributed by atoms with E-state index < -0.39 is 5.97 Å². The molecule has 1 amide bonds. The number of amides is 1. The van der Waals surface area contributed by atoms with Crippen LogP contribution in [0.15, 0.2) is 0 Å². The van der Waals surface area contributed by atoms with Crippen LogP contribution >= 0.6 is 0 Å². The molecule has 0 aromatic carbocycles. The van der Waals surface area contributed by atoms with Crippen molar-refractivity contribution in [1.82, 2.24) is 4.90 Å². The van der Waals surface area contributed by atoms with Crippen molar-refractivity contribution in [2.45, 2.75) is 32.6 Å². The third-order valence-electron chi connectivity index (χ3n) is 2.23. The Morgan fingerprint density at radius 1 is 1.38 bits per heavy atom. The number of nitriles is 1. The van der Waals surface area contributed by atoms with E-state index in [0.717, 1.165) is 0 Å². The molecule has 0 radical (unpaired) electrons. The van der Waals surface area contributed by atoms with E-state index in [4.69, 9.17) is 10.4 Å². The van der Waals surface area contributed by atoms with Gasteiger partial charge >= 0.3 is 5.97 Å². The highest BCUT2D eigenvalue weighted by Gasteiger charge is 2.11. The summed E-state index contributed by atoms with van der Waals surface area (Å²) in [7, 11) is 1.66. The minimum absolute atomic E-state index is 0.0347. The van der Waals surface area contributed by atoms with Crippen LogP contribution < -0.4 is 0 Å². The summed E-state index contributed by atoms with van der Waals surface area (Å²) >= 11 is 0. The summed E-state index contributed by atoms with van der Waals surface area (Å²) in [6.07, 6.45) is 1.55. The van der Waals surface area contributed by atoms with E-state index in [1.54, 1.807) is 14.0 Å². The van der Waals surface area contributed by atoms with E-state index in [1.807, 2.05) is 0 Å². The zero-order chi connectivity index (χ0) is 12.6. The van der Waals surface area contributed by atoms with Gasteiger partial charge in [-0.2, -0.15) is 5.26 Å². The minimum Gasteiger partial charge on any atom is -0.481 e. The molecule has 1 atom stereocenters. The number of carbonyl (C=O) groups is 2. The lowest BCUT2D eigenvalue weighted by Crippen LogP contribution is -2.30. The van der Waals surface area contributed by atoms with Crippen molar-refractivity contribution in [3.05, 3.63) is 0 Å². The Morgan fingerprint density at radius 3 is 2.44 bits per heavy atom. The van der Waals surface area contributed by atoms with Crippen molar-refractivity contribution < 1.29 is 14.7 Å². The van der Waals surface area contributed by atoms with E-state index in [1.165, 1.54) is 4.90 Å². The summed E-state index contributed by atoms with van der Waals surface area (Å²) in [4.78, 5) is 23.3. The second-order valence-corrected chi connectivity index (χ2v) is 3.91. The first-order valence-corrected chi connectivity index (χ1v) is 5.32. The fourth-order valence-corrected chi connectivity index (χ4v) is 1.30.